The van der Waals surface area contributed by atoms with E-state index in [1.165, 1.54) is 0 Å². The number of hydrogen-bond donors (Lipinski definition) is 1. The minimum atomic E-state index is -1.57. The Morgan fingerprint density at radius 1 is 1.33 bits per heavy atom. The summed E-state index contributed by atoms with van der Waals surface area (Å²) in [5, 5.41) is 9.51. The predicted molar refractivity (Wildman–Crippen MR) is 81.4 cm³/mol. The molecule has 1 atom stereocenters. The molecular formula is C15H19BrO5. The smallest absolute Gasteiger partial charge is 0.323 e. The van der Waals surface area contributed by atoms with Crippen LogP contribution >= 0.6 is 15.9 Å². The quantitative estimate of drug-likeness (QED) is 0.598. The number of halogens is 1. The lowest BCUT2D eigenvalue weighted by Gasteiger charge is -2.26. The van der Waals surface area contributed by atoms with Crippen molar-refractivity contribution >= 4 is 27.9 Å². The zero-order valence-corrected chi connectivity index (χ0v) is 13.9. The number of carbonyl (C=O) groups excluding carboxylic acids is 1. The van der Waals surface area contributed by atoms with Gasteiger partial charge in [-0.3, -0.25) is 9.59 Å². The van der Waals surface area contributed by atoms with Gasteiger partial charge < -0.3 is 14.6 Å². The zero-order valence-electron chi connectivity index (χ0n) is 12.3. The Morgan fingerprint density at radius 3 is 2.43 bits per heavy atom. The highest BCUT2D eigenvalue weighted by Gasteiger charge is 2.46. The standard InChI is InChI=1S/C15H19BrO5/c1-4-15(13(17)18,14(19)21-5-2)9-10-6-7-12(20-3)11(16)8-10/h6-8H,4-5,9H2,1-3H3,(H,17,18). The molecule has 0 heterocycles. The van der Waals surface area contributed by atoms with E-state index < -0.39 is 17.4 Å². The maximum Gasteiger partial charge on any atom is 0.323 e. The summed E-state index contributed by atoms with van der Waals surface area (Å²) >= 11 is 3.35. The van der Waals surface area contributed by atoms with Gasteiger partial charge in [0.1, 0.15) is 5.75 Å². The summed E-state index contributed by atoms with van der Waals surface area (Å²) in [5.74, 6) is -1.23. The van der Waals surface area contributed by atoms with Gasteiger partial charge in [0.15, 0.2) is 5.41 Å². The Morgan fingerprint density at radius 2 is 2.00 bits per heavy atom. The van der Waals surface area contributed by atoms with Crippen LogP contribution < -0.4 is 4.74 Å². The summed E-state index contributed by atoms with van der Waals surface area (Å²) in [4.78, 5) is 23.8. The Hall–Kier alpha value is -1.56. The largest absolute Gasteiger partial charge is 0.496 e. The fraction of sp³-hybridized carbons (Fsp3) is 0.467. The number of hydrogen-bond acceptors (Lipinski definition) is 4. The number of rotatable bonds is 7. The maximum absolute atomic E-state index is 12.1. The summed E-state index contributed by atoms with van der Waals surface area (Å²) in [6.07, 6.45) is 0.227. The molecule has 1 rings (SSSR count). The van der Waals surface area contributed by atoms with Gasteiger partial charge in [0.25, 0.3) is 0 Å². The molecule has 1 aromatic rings. The molecule has 0 aliphatic rings. The van der Waals surface area contributed by atoms with E-state index in [9.17, 15) is 14.7 Å². The number of ether oxygens (including phenoxy) is 2. The minimum absolute atomic E-state index is 0.0697. The number of aliphatic carboxylic acids is 1. The van der Waals surface area contributed by atoms with Crippen LogP contribution in [-0.2, 0) is 20.7 Å². The molecule has 0 aliphatic carbocycles. The summed E-state index contributed by atoms with van der Waals surface area (Å²) in [6.45, 7) is 3.48. The van der Waals surface area contributed by atoms with Gasteiger partial charge >= 0.3 is 11.9 Å². The number of carboxylic acids is 1. The molecule has 0 saturated heterocycles. The Kier molecular flexibility index (Phi) is 6.20. The Labute approximate surface area is 132 Å². The third-order valence-corrected chi connectivity index (χ3v) is 4.02. The van der Waals surface area contributed by atoms with E-state index in [2.05, 4.69) is 15.9 Å². The highest BCUT2D eigenvalue weighted by atomic mass is 79.9. The summed E-state index contributed by atoms with van der Waals surface area (Å²) in [5.41, 5.74) is -0.843. The number of esters is 1. The maximum atomic E-state index is 12.1. The van der Waals surface area contributed by atoms with Crippen LogP contribution in [0.4, 0.5) is 0 Å². The number of carboxylic acid groups (broad SMARTS) is 1. The third kappa shape index (κ3) is 3.75. The molecule has 0 aromatic heterocycles. The van der Waals surface area contributed by atoms with Crippen LogP contribution in [0.5, 0.6) is 5.75 Å². The van der Waals surface area contributed by atoms with Crippen molar-refractivity contribution in [2.24, 2.45) is 5.41 Å². The van der Waals surface area contributed by atoms with Crippen molar-refractivity contribution < 1.29 is 24.2 Å². The molecule has 1 N–H and O–H groups in total. The van der Waals surface area contributed by atoms with Crippen LogP contribution in [-0.4, -0.2) is 30.8 Å². The van der Waals surface area contributed by atoms with Crippen molar-refractivity contribution in [3.63, 3.8) is 0 Å². The SMILES string of the molecule is CCOC(=O)C(CC)(Cc1ccc(OC)c(Br)c1)C(=O)O. The van der Waals surface area contributed by atoms with Crippen molar-refractivity contribution in [2.45, 2.75) is 26.7 Å². The summed E-state index contributed by atoms with van der Waals surface area (Å²) < 4.78 is 10.8. The Balaban J connectivity index is 3.15. The first-order chi connectivity index (χ1) is 9.91. The second-order valence-corrected chi connectivity index (χ2v) is 5.46. The van der Waals surface area contributed by atoms with Crippen LogP contribution in [0.2, 0.25) is 0 Å². The summed E-state index contributed by atoms with van der Waals surface area (Å²) in [6, 6.07) is 5.23. The third-order valence-electron chi connectivity index (χ3n) is 3.40. The van der Waals surface area contributed by atoms with Gasteiger partial charge in [-0.05, 0) is 53.4 Å². The molecule has 0 radical (unpaired) electrons. The molecule has 21 heavy (non-hydrogen) atoms. The highest BCUT2D eigenvalue weighted by Crippen LogP contribution is 2.33. The molecule has 0 spiro atoms. The number of benzene rings is 1. The molecule has 116 valence electrons. The van der Waals surface area contributed by atoms with E-state index in [-0.39, 0.29) is 19.4 Å². The minimum Gasteiger partial charge on any atom is -0.496 e. The average molecular weight is 359 g/mol. The summed E-state index contributed by atoms with van der Waals surface area (Å²) in [7, 11) is 1.55. The molecule has 6 heteroatoms. The van der Waals surface area contributed by atoms with E-state index in [1.807, 2.05) is 0 Å². The monoisotopic (exact) mass is 358 g/mol. The van der Waals surface area contributed by atoms with Crippen molar-refractivity contribution in [1.82, 2.24) is 0 Å². The average Bonchev–Trinajstić information content (AvgIpc) is 2.44. The molecule has 0 saturated carbocycles. The van der Waals surface area contributed by atoms with Crippen LogP contribution in [0.25, 0.3) is 0 Å². The Bertz CT molecular complexity index is 529. The first kappa shape index (κ1) is 17.5. The normalized spacial score (nSPS) is 13.3. The number of methoxy groups -OCH3 is 1. The van der Waals surface area contributed by atoms with E-state index in [0.29, 0.717) is 10.2 Å². The van der Waals surface area contributed by atoms with Gasteiger partial charge in [-0.15, -0.1) is 0 Å². The molecule has 0 fully saturated rings. The van der Waals surface area contributed by atoms with E-state index in [0.717, 1.165) is 5.56 Å². The van der Waals surface area contributed by atoms with Crippen LogP contribution in [0, 0.1) is 5.41 Å². The zero-order chi connectivity index (χ0) is 16.0. The van der Waals surface area contributed by atoms with E-state index in [1.54, 1.807) is 39.2 Å². The predicted octanol–water partition coefficient (Wildman–Crippen LogP) is 3.04. The second kappa shape index (κ2) is 7.45. The van der Waals surface area contributed by atoms with Crippen LogP contribution in [0.15, 0.2) is 22.7 Å². The lowest BCUT2D eigenvalue weighted by atomic mass is 9.79. The first-order valence-corrected chi connectivity index (χ1v) is 7.43. The molecule has 0 aliphatic heterocycles. The fourth-order valence-corrected chi connectivity index (χ4v) is 2.68. The number of carbonyl (C=O) groups is 2. The van der Waals surface area contributed by atoms with Gasteiger partial charge in [-0.1, -0.05) is 13.0 Å². The first-order valence-electron chi connectivity index (χ1n) is 6.64. The highest BCUT2D eigenvalue weighted by molar-refractivity contribution is 9.10. The van der Waals surface area contributed by atoms with Gasteiger partial charge in [0, 0.05) is 0 Å². The van der Waals surface area contributed by atoms with Crippen molar-refractivity contribution in [1.29, 1.82) is 0 Å². The topological polar surface area (TPSA) is 72.8 Å². The molecule has 1 aromatic carbocycles. The van der Waals surface area contributed by atoms with Gasteiger partial charge in [0.05, 0.1) is 18.2 Å². The molecule has 0 amide bonds. The van der Waals surface area contributed by atoms with Crippen LogP contribution in [0.1, 0.15) is 25.8 Å². The second-order valence-electron chi connectivity index (χ2n) is 4.61. The van der Waals surface area contributed by atoms with Gasteiger partial charge in [-0.2, -0.15) is 0 Å². The lowest BCUT2D eigenvalue weighted by Crippen LogP contribution is -2.42. The van der Waals surface area contributed by atoms with Gasteiger partial charge in [-0.25, -0.2) is 0 Å². The van der Waals surface area contributed by atoms with Gasteiger partial charge in [0.2, 0.25) is 0 Å². The molecular weight excluding hydrogens is 340 g/mol. The van der Waals surface area contributed by atoms with Crippen molar-refractivity contribution in [2.75, 3.05) is 13.7 Å². The molecule has 0 bridgehead atoms. The van der Waals surface area contributed by atoms with Crippen LogP contribution in [0.3, 0.4) is 0 Å². The molecule has 1 unspecified atom stereocenters. The lowest BCUT2D eigenvalue weighted by molar-refractivity contribution is -0.168. The fourth-order valence-electron chi connectivity index (χ4n) is 2.09. The van der Waals surface area contributed by atoms with Crippen molar-refractivity contribution in [3.8, 4) is 5.75 Å². The van der Waals surface area contributed by atoms with E-state index in [4.69, 9.17) is 9.47 Å². The molecule has 5 nitrogen and oxygen atoms in total. The van der Waals surface area contributed by atoms with E-state index >= 15 is 0 Å². The van der Waals surface area contributed by atoms with Crippen molar-refractivity contribution in [3.05, 3.63) is 28.2 Å².